The van der Waals surface area contributed by atoms with E-state index in [4.69, 9.17) is 14.5 Å². The van der Waals surface area contributed by atoms with E-state index in [2.05, 4.69) is 24.4 Å². The summed E-state index contributed by atoms with van der Waals surface area (Å²) in [7, 11) is 0. The zero-order valence-corrected chi connectivity index (χ0v) is 26.8. The molecule has 7 rings (SSSR count). The number of ether oxygens (including phenoxy) is 2. The molecule has 9 heteroatoms. The summed E-state index contributed by atoms with van der Waals surface area (Å²) in [6.07, 6.45) is 3.40. The summed E-state index contributed by atoms with van der Waals surface area (Å²) < 4.78 is 15.1. The molecule has 2 atom stereocenters. The molecule has 0 aliphatic carbocycles. The second-order valence-corrected chi connectivity index (χ2v) is 12.7. The van der Waals surface area contributed by atoms with Gasteiger partial charge in [-0.15, -0.1) is 11.3 Å². The zero-order valence-electron chi connectivity index (χ0n) is 26.0. The van der Waals surface area contributed by atoms with Gasteiger partial charge in [0.25, 0.3) is 5.91 Å². The molecular formula is C38H33N3O5S. The molecule has 0 saturated heterocycles. The fourth-order valence-corrected chi connectivity index (χ4v) is 6.94. The van der Waals surface area contributed by atoms with Crippen LogP contribution in [0.25, 0.3) is 31.7 Å². The second-order valence-electron chi connectivity index (χ2n) is 11.7. The van der Waals surface area contributed by atoms with E-state index in [-0.39, 0.29) is 30.8 Å². The number of carbonyl (C=O) groups excluding carboxylic acids is 2. The highest BCUT2D eigenvalue weighted by Gasteiger charge is 2.31. The highest BCUT2D eigenvalue weighted by Crippen LogP contribution is 2.37. The molecule has 2 N–H and O–H groups in total. The summed E-state index contributed by atoms with van der Waals surface area (Å²) in [6, 6.07) is 29.1. The van der Waals surface area contributed by atoms with E-state index >= 15 is 0 Å². The van der Waals surface area contributed by atoms with Gasteiger partial charge in [0, 0.05) is 42.1 Å². The van der Waals surface area contributed by atoms with Crippen molar-refractivity contribution >= 4 is 50.0 Å². The number of hydrogen-bond acceptors (Lipinski definition) is 7. The summed E-state index contributed by atoms with van der Waals surface area (Å²) >= 11 is 1.64. The number of allylic oxidation sites excluding steroid dienone is 1. The van der Waals surface area contributed by atoms with Gasteiger partial charge in [0.05, 0.1) is 28.9 Å². The maximum absolute atomic E-state index is 13.7. The number of thiazole rings is 1. The zero-order chi connectivity index (χ0) is 32.5. The third kappa shape index (κ3) is 6.46. The van der Waals surface area contributed by atoms with Gasteiger partial charge in [-0.25, -0.2) is 4.98 Å². The summed E-state index contributed by atoms with van der Waals surface area (Å²) in [6.45, 7) is 3.84. The van der Waals surface area contributed by atoms with Crippen molar-refractivity contribution in [2.45, 2.75) is 45.7 Å². The molecule has 0 bridgehead atoms. The minimum absolute atomic E-state index is 0.0316. The molecule has 236 valence electrons. The molecule has 0 radical (unpaired) electrons. The summed E-state index contributed by atoms with van der Waals surface area (Å²) in [5.74, 6) is -0.590. The molecular weight excluding hydrogens is 611 g/mol. The van der Waals surface area contributed by atoms with Crippen LogP contribution in [0, 0.1) is 6.92 Å². The van der Waals surface area contributed by atoms with Gasteiger partial charge in [-0.3, -0.25) is 14.2 Å². The fraction of sp³-hybridized carbons (Fsp3) is 0.184. The van der Waals surface area contributed by atoms with Crippen LogP contribution in [0.3, 0.4) is 0 Å². The van der Waals surface area contributed by atoms with E-state index < -0.39 is 12.2 Å². The first-order valence-corrected chi connectivity index (χ1v) is 16.2. The predicted molar refractivity (Wildman–Crippen MR) is 184 cm³/mol. The highest BCUT2D eigenvalue weighted by molar-refractivity contribution is 7.21. The molecule has 1 aliphatic heterocycles. The monoisotopic (exact) mass is 643 g/mol. The molecule has 6 aromatic rings. The lowest BCUT2D eigenvalue weighted by Gasteiger charge is -2.29. The first-order valence-electron chi connectivity index (χ1n) is 15.4. The molecule has 0 fully saturated rings. The number of anilines is 1. The van der Waals surface area contributed by atoms with Crippen LogP contribution in [-0.4, -0.2) is 32.8 Å². The van der Waals surface area contributed by atoms with Crippen LogP contribution in [0.2, 0.25) is 0 Å². The van der Waals surface area contributed by atoms with Crippen molar-refractivity contribution in [1.82, 2.24) is 9.55 Å². The standard InChI is InChI=1S/C38H33N3O5S/c1-23-7-16-32-35(17-23)47-38(40-32)27-12-14-29(15-13-27)39-37(44)34-18-28(31-20-41(24(2)43)33-6-4-3-5-30(31)33)19-36(46-34)45-22-26-10-8-25(21-42)9-11-26/h3-18,20,28,36,42H,19,21-22H2,1-2H3,(H,39,44)/t28-,36+/m1/s1. The molecule has 3 heterocycles. The first kappa shape index (κ1) is 30.6. The Balaban J connectivity index is 1.14. The summed E-state index contributed by atoms with van der Waals surface area (Å²) in [5, 5.41) is 14.2. The number of aryl methyl sites for hydroxylation is 1. The average Bonchev–Trinajstić information content (AvgIpc) is 3.70. The van der Waals surface area contributed by atoms with Crippen LogP contribution in [0.1, 0.15) is 46.3 Å². The van der Waals surface area contributed by atoms with Crippen LogP contribution in [-0.2, 0) is 27.5 Å². The van der Waals surface area contributed by atoms with Gasteiger partial charge in [0.1, 0.15) is 5.01 Å². The molecule has 4 aromatic carbocycles. The van der Waals surface area contributed by atoms with Gasteiger partial charge in [-0.1, -0.05) is 48.5 Å². The number of hydrogen-bond donors (Lipinski definition) is 2. The van der Waals surface area contributed by atoms with Crippen molar-refractivity contribution in [1.29, 1.82) is 0 Å². The number of fused-ring (bicyclic) bond motifs is 2. The number of nitrogens with one attached hydrogen (secondary N) is 1. The van der Waals surface area contributed by atoms with Crippen molar-refractivity contribution < 1.29 is 24.2 Å². The SMILES string of the molecule is CC(=O)n1cc([C@@H]2C=C(C(=O)Nc3ccc(-c4nc5ccc(C)cc5s4)cc3)O[C@H](OCc3ccc(CO)cc3)C2)c2ccccc21. The van der Waals surface area contributed by atoms with Gasteiger partial charge in [0.15, 0.2) is 5.76 Å². The Labute approximate surface area is 275 Å². The minimum Gasteiger partial charge on any atom is -0.459 e. The van der Waals surface area contributed by atoms with Gasteiger partial charge in [0.2, 0.25) is 12.2 Å². The van der Waals surface area contributed by atoms with Gasteiger partial charge in [-0.2, -0.15) is 0 Å². The first-order chi connectivity index (χ1) is 22.8. The lowest BCUT2D eigenvalue weighted by molar-refractivity contribution is -0.147. The number of nitrogens with zero attached hydrogens (tertiary/aromatic N) is 2. The molecule has 47 heavy (non-hydrogen) atoms. The Morgan fingerprint density at radius 3 is 2.55 bits per heavy atom. The Bertz CT molecular complexity index is 2130. The van der Waals surface area contributed by atoms with Crippen LogP contribution in [0.5, 0.6) is 0 Å². The predicted octanol–water partition coefficient (Wildman–Crippen LogP) is 7.95. The maximum atomic E-state index is 13.7. The molecule has 0 spiro atoms. The van der Waals surface area contributed by atoms with E-state index in [0.29, 0.717) is 12.1 Å². The van der Waals surface area contributed by atoms with E-state index in [1.165, 1.54) is 12.5 Å². The number of rotatable bonds is 8. The highest BCUT2D eigenvalue weighted by atomic mass is 32.1. The van der Waals surface area contributed by atoms with E-state index in [1.807, 2.05) is 91.1 Å². The number of carbonyl (C=O) groups is 2. The molecule has 8 nitrogen and oxygen atoms in total. The largest absolute Gasteiger partial charge is 0.459 e. The van der Waals surface area contributed by atoms with Crippen LogP contribution in [0.4, 0.5) is 5.69 Å². The van der Waals surface area contributed by atoms with E-state index in [0.717, 1.165) is 48.4 Å². The number of para-hydroxylation sites is 1. The third-order valence-electron chi connectivity index (χ3n) is 8.34. The topological polar surface area (TPSA) is 103 Å². The molecule has 2 aromatic heterocycles. The quantitative estimate of drug-likeness (QED) is 0.175. The Kier molecular flexibility index (Phi) is 8.43. The average molecular weight is 644 g/mol. The molecule has 1 aliphatic rings. The number of aliphatic hydroxyl groups is 1. The van der Waals surface area contributed by atoms with Gasteiger partial charge < -0.3 is 19.9 Å². The maximum Gasteiger partial charge on any atom is 0.290 e. The second kappa shape index (κ2) is 13.0. The molecule has 0 saturated carbocycles. The number of amides is 1. The summed E-state index contributed by atoms with van der Waals surface area (Å²) in [4.78, 5) is 30.9. The number of benzene rings is 4. The molecule has 1 amide bonds. The van der Waals surface area contributed by atoms with Crippen LogP contribution >= 0.6 is 11.3 Å². The Morgan fingerprint density at radius 2 is 1.79 bits per heavy atom. The van der Waals surface area contributed by atoms with Crippen LogP contribution < -0.4 is 5.32 Å². The van der Waals surface area contributed by atoms with Crippen molar-refractivity contribution in [2.75, 3.05) is 5.32 Å². The third-order valence-corrected chi connectivity index (χ3v) is 9.40. The Morgan fingerprint density at radius 1 is 1.02 bits per heavy atom. The Hall–Kier alpha value is -5.09. The van der Waals surface area contributed by atoms with Crippen molar-refractivity contribution in [3.63, 3.8) is 0 Å². The van der Waals surface area contributed by atoms with Crippen molar-refractivity contribution in [3.8, 4) is 10.6 Å². The van der Waals surface area contributed by atoms with Gasteiger partial charge in [-0.05, 0) is 77.7 Å². The van der Waals surface area contributed by atoms with Crippen LogP contribution in [0.15, 0.2) is 109 Å². The summed E-state index contributed by atoms with van der Waals surface area (Å²) in [5.41, 5.74) is 7.21. The smallest absolute Gasteiger partial charge is 0.290 e. The lowest BCUT2D eigenvalue weighted by atomic mass is 9.92. The fourth-order valence-electron chi connectivity index (χ4n) is 5.87. The minimum atomic E-state index is -0.715. The normalized spacial score (nSPS) is 16.2. The van der Waals surface area contributed by atoms with Crippen molar-refractivity contribution in [2.24, 2.45) is 0 Å². The van der Waals surface area contributed by atoms with E-state index in [1.54, 1.807) is 15.9 Å². The number of aliphatic hydroxyl groups excluding tert-OH is 1. The number of aromatic nitrogens is 2. The van der Waals surface area contributed by atoms with Crippen molar-refractivity contribution in [3.05, 3.63) is 131 Å². The van der Waals surface area contributed by atoms with E-state index in [9.17, 15) is 14.7 Å². The van der Waals surface area contributed by atoms with Gasteiger partial charge >= 0.3 is 0 Å². The lowest BCUT2D eigenvalue weighted by Crippen LogP contribution is -2.29. The molecule has 0 unspecified atom stereocenters.